The molecule has 0 atom stereocenters. The number of ether oxygens (including phenoxy) is 1. The van der Waals surface area contributed by atoms with E-state index in [1.165, 1.54) is 6.20 Å². The van der Waals surface area contributed by atoms with Crippen molar-refractivity contribution in [2.45, 2.75) is 0 Å². The number of hydrogen-bond donors (Lipinski definition) is 1. The average Bonchev–Trinajstić information content (AvgIpc) is 2.18. The third-order valence-electron chi connectivity index (χ3n) is 1.84. The summed E-state index contributed by atoms with van der Waals surface area (Å²) in [6.45, 7) is 0. The molecule has 0 aliphatic heterocycles. The van der Waals surface area contributed by atoms with Crippen molar-refractivity contribution in [1.82, 2.24) is 9.97 Å². The number of aromatic nitrogens is 2. The van der Waals surface area contributed by atoms with Crippen molar-refractivity contribution in [1.29, 1.82) is 0 Å². The lowest BCUT2D eigenvalue weighted by atomic mass is 10.2. The standard InChI is InChI=1S/C9H8N2O2/c1-13-8-4-6-2-3-10-9(12)7(6)5-11-8/h2-5H,1H3,(H,10,12). The lowest BCUT2D eigenvalue weighted by molar-refractivity contribution is 0.399. The van der Waals surface area contributed by atoms with Crippen LogP contribution in [0.3, 0.4) is 0 Å². The predicted octanol–water partition coefficient (Wildman–Crippen LogP) is 0.932. The fourth-order valence-electron chi connectivity index (χ4n) is 1.17. The molecule has 0 fully saturated rings. The van der Waals surface area contributed by atoms with Gasteiger partial charge in [-0.2, -0.15) is 0 Å². The summed E-state index contributed by atoms with van der Waals surface area (Å²) in [6.07, 6.45) is 3.11. The van der Waals surface area contributed by atoms with Gasteiger partial charge in [-0.3, -0.25) is 4.79 Å². The second kappa shape index (κ2) is 2.90. The number of aromatic amines is 1. The molecule has 2 heterocycles. The maximum absolute atomic E-state index is 11.2. The van der Waals surface area contributed by atoms with Gasteiger partial charge in [-0.25, -0.2) is 4.98 Å². The molecule has 0 amide bonds. The SMILES string of the molecule is COc1cc2cc[nH]c(=O)c2cn1. The van der Waals surface area contributed by atoms with E-state index in [2.05, 4.69) is 9.97 Å². The molecule has 0 aliphatic rings. The third-order valence-corrected chi connectivity index (χ3v) is 1.84. The predicted molar refractivity (Wildman–Crippen MR) is 48.9 cm³/mol. The summed E-state index contributed by atoms with van der Waals surface area (Å²) in [6, 6.07) is 3.53. The van der Waals surface area contributed by atoms with Crippen molar-refractivity contribution >= 4 is 10.8 Å². The molecule has 0 bridgehead atoms. The van der Waals surface area contributed by atoms with Crippen molar-refractivity contribution in [2.75, 3.05) is 7.11 Å². The molecule has 0 unspecified atom stereocenters. The Hall–Kier alpha value is -1.84. The quantitative estimate of drug-likeness (QED) is 0.703. The number of methoxy groups -OCH3 is 1. The monoisotopic (exact) mass is 176 g/mol. The summed E-state index contributed by atoms with van der Waals surface area (Å²) >= 11 is 0. The van der Waals surface area contributed by atoms with Crippen molar-refractivity contribution in [3.05, 3.63) is 34.9 Å². The number of pyridine rings is 2. The van der Waals surface area contributed by atoms with E-state index in [0.29, 0.717) is 11.3 Å². The summed E-state index contributed by atoms with van der Waals surface area (Å²) in [5.74, 6) is 0.512. The largest absolute Gasteiger partial charge is 0.481 e. The van der Waals surface area contributed by atoms with Gasteiger partial charge in [0.25, 0.3) is 5.56 Å². The Morgan fingerprint density at radius 3 is 3.15 bits per heavy atom. The summed E-state index contributed by atoms with van der Waals surface area (Å²) in [7, 11) is 1.54. The first-order valence-electron chi connectivity index (χ1n) is 3.83. The number of rotatable bonds is 1. The Kier molecular flexibility index (Phi) is 1.73. The molecule has 1 N–H and O–H groups in total. The normalized spacial score (nSPS) is 10.2. The highest BCUT2D eigenvalue weighted by Crippen LogP contribution is 2.13. The molecule has 2 aromatic rings. The Labute approximate surface area is 74.2 Å². The minimum absolute atomic E-state index is 0.132. The van der Waals surface area contributed by atoms with Gasteiger partial charge in [0.05, 0.1) is 12.5 Å². The summed E-state index contributed by atoms with van der Waals surface area (Å²) in [4.78, 5) is 17.8. The maximum atomic E-state index is 11.2. The lowest BCUT2D eigenvalue weighted by Crippen LogP contribution is -2.04. The van der Waals surface area contributed by atoms with E-state index >= 15 is 0 Å². The summed E-state index contributed by atoms with van der Waals surface area (Å²) < 4.78 is 4.94. The van der Waals surface area contributed by atoms with E-state index < -0.39 is 0 Å². The van der Waals surface area contributed by atoms with Gasteiger partial charge in [-0.05, 0) is 11.5 Å². The second-order valence-electron chi connectivity index (χ2n) is 2.62. The van der Waals surface area contributed by atoms with Crippen molar-refractivity contribution in [3.63, 3.8) is 0 Å². The molecule has 0 radical (unpaired) electrons. The molecular formula is C9H8N2O2. The molecular weight excluding hydrogens is 168 g/mol. The lowest BCUT2D eigenvalue weighted by Gasteiger charge is -1.99. The maximum Gasteiger partial charge on any atom is 0.257 e. The molecule has 13 heavy (non-hydrogen) atoms. The van der Waals surface area contributed by atoms with E-state index in [1.54, 1.807) is 25.4 Å². The van der Waals surface area contributed by atoms with Crippen LogP contribution in [-0.2, 0) is 0 Å². The van der Waals surface area contributed by atoms with Crippen molar-refractivity contribution in [2.24, 2.45) is 0 Å². The first-order valence-corrected chi connectivity index (χ1v) is 3.83. The minimum Gasteiger partial charge on any atom is -0.481 e. The zero-order chi connectivity index (χ0) is 9.26. The molecule has 0 spiro atoms. The van der Waals surface area contributed by atoms with Gasteiger partial charge in [0.1, 0.15) is 0 Å². The van der Waals surface area contributed by atoms with Crippen LogP contribution in [0.5, 0.6) is 5.88 Å². The van der Waals surface area contributed by atoms with Gasteiger partial charge in [0.15, 0.2) is 0 Å². The van der Waals surface area contributed by atoms with Gasteiger partial charge in [-0.15, -0.1) is 0 Å². The molecule has 2 rings (SSSR count). The average molecular weight is 176 g/mol. The molecule has 0 saturated heterocycles. The van der Waals surface area contributed by atoms with Crippen LogP contribution in [0.1, 0.15) is 0 Å². The molecule has 66 valence electrons. The Balaban J connectivity index is 2.80. The second-order valence-corrected chi connectivity index (χ2v) is 2.62. The summed E-state index contributed by atoms with van der Waals surface area (Å²) in [5, 5.41) is 1.40. The highest BCUT2D eigenvalue weighted by Gasteiger charge is 1.99. The highest BCUT2D eigenvalue weighted by molar-refractivity contribution is 5.81. The van der Waals surface area contributed by atoms with Crippen LogP contribution in [0.25, 0.3) is 10.8 Å². The molecule has 4 nitrogen and oxygen atoms in total. The number of fused-ring (bicyclic) bond motifs is 1. The van der Waals surface area contributed by atoms with Gasteiger partial charge in [0, 0.05) is 18.5 Å². The minimum atomic E-state index is -0.132. The number of H-pyrrole nitrogens is 1. The van der Waals surface area contributed by atoms with E-state index in [1.807, 2.05) is 0 Å². The smallest absolute Gasteiger partial charge is 0.257 e. The van der Waals surface area contributed by atoms with Gasteiger partial charge in [0.2, 0.25) is 5.88 Å². The molecule has 0 saturated carbocycles. The Morgan fingerprint density at radius 2 is 2.38 bits per heavy atom. The van der Waals surface area contributed by atoms with Gasteiger partial charge in [-0.1, -0.05) is 0 Å². The van der Waals surface area contributed by atoms with Crippen LogP contribution >= 0.6 is 0 Å². The zero-order valence-corrected chi connectivity index (χ0v) is 7.07. The Bertz CT molecular complexity index is 490. The third kappa shape index (κ3) is 1.26. The van der Waals surface area contributed by atoms with Crippen molar-refractivity contribution in [3.8, 4) is 5.88 Å². The van der Waals surface area contributed by atoms with Gasteiger partial charge >= 0.3 is 0 Å². The molecule has 4 heteroatoms. The number of nitrogens with zero attached hydrogens (tertiary/aromatic N) is 1. The van der Waals surface area contributed by atoms with E-state index in [4.69, 9.17) is 4.74 Å². The molecule has 2 aromatic heterocycles. The zero-order valence-electron chi connectivity index (χ0n) is 7.07. The van der Waals surface area contributed by atoms with Crippen LogP contribution < -0.4 is 10.3 Å². The Morgan fingerprint density at radius 1 is 1.54 bits per heavy atom. The van der Waals surface area contributed by atoms with E-state index in [0.717, 1.165) is 5.39 Å². The molecule has 0 aromatic carbocycles. The van der Waals surface area contributed by atoms with E-state index in [-0.39, 0.29) is 5.56 Å². The number of hydrogen-bond acceptors (Lipinski definition) is 3. The fraction of sp³-hybridized carbons (Fsp3) is 0.111. The number of nitrogens with one attached hydrogen (secondary N) is 1. The topological polar surface area (TPSA) is 55.0 Å². The first-order chi connectivity index (χ1) is 6.31. The molecule has 0 aliphatic carbocycles. The highest BCUT2D eigenvalue weighted by atomic mass is 16.5. The van der Waals surface area contributed by atoms with Gasteiger partial charge < -0.3 is 9.72 Å². The van der Waals surface area contributed by atoms with E-state index in [9.17, 15) is 4.79 Å². The fourth-order valence-corrected chi connectivity index (χ4v) is 1.17. The van der Waals surface area contributed by atoms with Crippen LogP contribution in [0.15, 0.2) is 29.3 Å². The van der Waals surface area contributed by atoms with Crippen LogP contribution in [0.4, 0.5) is 0 Å². The summed E-state index contributed by atoms with van der Waals surface area (Å²) in [5.41, 5.74) is -0.132. The van der Waals surface area contributed by atoms with Crippen molar-refractivity contribution < 1.29 is 4.74 Å². The first kappa shape index (κ1) is 7.79. The van der Waals surface area contributed by atoms with Crippen LogP contribution in [0, 0.1) is 0 Å². The van der Waals surface area contributed by atoms with Crippen LogP contribution in [-0.4, -0.2) is 17.1 Å². The van der Waals surface area contributed by atoms with Crippen LogP contribution in [0.2, 0.25) is 0 Å².